The smallest absolute Gasteiger partial charge is 0.338 e. The van der Waals surface area contributed by atoms with Crippen molar-refractivity contribution in [3.05, 3.63) is 53.9 Å². The van der Waals surface area contributed by atoms with Crippen LogP contribution in [0.25, 0.3) is 10.9 Å². The van der Waals surface area contributed by atoms with Crippen LogP contribution in [0.3, 0.4) is 0 Å². The van der Waals surface area contributed by atoms with E-state index in [1.54, 1.807) is 44.4 Å². The number of hydrogen-bond donors (Lipinski definition) is 1. The van der Waals surface area contributed by atoms with E-state index < -0.39 is 21.9 Å². The lowest BCUT2D eigenvalue weighted by atomic mass is 9.93. The number of carbonyl (C=O) groups is 1. The number of methoxy groups -OCH3 is 1. The summed E-state index contributed by atoms with van der Waals surface area (Å²) in [6.45, 7) is 1.74. The van der Waals surface area contributed by atoms with Crippen molar-refractivity contribution in [2.24, 2.45) is 0 Å². The van der Waals surface area contributed by atoms with E-state index >= 15 is 0 Å². The molecule has 0 radical (unpaired) electrons. The first-order valence-corrected chi connectivity index (χ1v) is 13.1. The van der Waals surface area contributed by atoms with Crippen LogP contribution in [-0.2, 0) is 19.3 Å². The highest BCUT2D eigenvalue weighted by Crippen LogP contribution is 2.29. The van der Waals surface area contributed by atoms with Gasteiger partial charge in [0.2, 0.25) is 15.0 Å². The van der Waals surface area contributed by atoms with Crippen LogP contribution in [0.1, 0.15) is 54.8 Å². The van der Waals surface area contributed by atoms with Gasteiger partial charge in [0, 0.05) is 31.0 Å². The van der Waals surface area contributed by atoms with Gasteiger partial charge in [0.1, 0.15) is 11.6 Å². The van der Waals surface area contributed by atoms with Crippen LogP contribution in [0.15, 0.2) is 47.8 Å². The summed E-state index contributed by atoms with van der Waals surface area (Å²) in [5.41, 5.74) is 1.37. The fraction of sp³-hybridized carbons (Fsp3) is 0.417. The Morgan fingerprint density at radius 1 is 1.12 bits per heavy atom. The third kappa shape index (κ3) is 5.51. The van der Waals surface area contributed by atoms with Gasteiger partial charge in [-0.3, -0.25) is 0 Å². The van der Waals surface area contributed by atoms with Crippen molar-refractivity contribution >= 4 is 32.5 Å². The lowest BCUT2D eigenvalue weighted by molar-refractivity contribution is 0.0330. The summed E-state index contributed by atoms with van der Waals surface area (Å²) >= 11 is 0. The van der Waals surface area contributed by atoms with Crippen molar-refractivity contribution in [3.8, 4) is 0 Å². The molecule has 1 atom stereocenters. The van der Waals surface area contributed by atoms with E-state index in [0.29, 0.717) is 28.0 Å². The zero-order valence-corrected chi connectivity index (χ0v) is 20.2. The maximum atomic E-state index is 12.5. The summed E-state index contributed by atoms with van der Waals surface area (Å²) < 4.78 is 35.2. The Kier molecular flexibility index (Phi) is 7.08. The van der Waals surface area contributed by atoms with Crippen LogP contribution in [0, 0.1) is 0 Å². The molecule has 0 amide bonds. The quantitative estimate of drug-likeness (QED) is 0.395. The van der Waals surface area contributed by atoms with E-state index in [0.717, 1.165) is 31.9 Å². The molecular weight excluding hydrogens is 456 g/mol. The van der Waals surface area contributed by atoms with E-state index in [4.69, 9.17) is 14.5 Å². The minimum atomic E-state index is -3.59. The van der Waals surface area contributed by atoms with Gasteiger partial charge in [0.25, 0.3) is 0 Å². The minimum absolute atomic E-state index is 0.135. The number of pyridine rings is 1. The van der Waals surface area contributed by atoms with Gasteiger partial charge in [-0.1, -0.05) is 18.2 Å². The van der Waals surface area contributed by atoms with Crippen LogP contribution in [0.4, 0.5) is 5.82 Å². The molecule has 180 valence electrons. The molecule has 1 aromatic carbocycles. The highest BCUT2D eigenvalue weighted by Gasteiger charge is 2.24. The van der Waals surface area contributed by atoms with Gasteiger partial charge in [-0.2, -0.15) is 0 Å². The number of nitrogens with zero attached hydrogens (tertiary/aromatic N) is 3. The highest BCUT2D eigenvalue weighted by molar-refractivity contribution is 7.90. The molecule has 4 rings (SSSR count). The summed E-state index contributed by atoms with van der Waals surface area (Å²) in [4.78, 5) is 25.6. The molecule has 0 unspecified atom stereocenters. The zero-order valence-electron chi connectivity index (χ0n) is 19.4. The minimum Gasteiger partial charge on any atom is -0.453 e. The van der Waals surface area contributed by atoms with Crippen LogP contribution >= 0.6 is 0 Å². The molecule has 2 heterocycles. The largest absolute Gasteiger partial charge is 0.453 e. The topological polar surface area (TPSA) is 120 Å². The van der Waals surface area contributed by atoms with E-state index in [1.165, 1.54) is 6.20 Å². The summed E-state index contributed by atoms with van der Waals surface area (Å²) in [5.74, 6) is -0.00524. The van der Waals surface area contributed by atoms with Crippen LogP contribution in [0.2, 0.25) is 0 Å². The van der Waals surface area contributed by atoms with Crippen molar-refractivity contribution in [1.82, 2.24) is 15.0 Å². The molecule has 0 bridgehead atoms. The lowest BCUT2D eigenvalue weighted by Crippen LogP contribution is -2.29. The number of benzene rings is 1. The molecule has 1 aliphatic rings. The number of nitrogens with one attached hydrogen (secondary N) is 1. The van der Waals surface area contributed by atoms with Gasteiger partial charge in [-0.25, -0.2) is 28.2 Å². The van der Waals surface area contributed by atoms with Gasteiger partial charge >= 0.3 is 5.97 Å². The summed E-state index contributed by atoms with van der Waals surface area (Å²) in [6, 6.07) is 10.6. The fourth-order valence-electron chi connectivity index (χ4n) is 4.03. The van der Waals surface area contributed by atoms with Gasteiger partial charge in [0.05, 0.1) is 17.4 Å². The standard InChI is InChI=1S/C24H28N4O5S/c1-15(33-23(29)16-7-5-4-6-8-16)20-13-17-14-25-24(34(3,30)31)28-21(17)22(27-20)26-18-9-11-19(32-2)12-10-18/h4-8,13-15,18-19H,9-12H2,1-3H3,(H,26,27)/t15-,18?,19?/m1/s1. The fourth-order valence-corrected chi connectivity index (χ4v) is 4.53. The van der Waals surface area contributed by atoms with Crippen molar-refractivity contribution in [2.45, 2.75) is 56.0 Å². The third-order valence-corrected chi connectivity index (χ3v) is 6.81. The SMILES string of the molecule is COC1CCC(Nc2nc([C@@H](C)OC(=O)c3ccccc3)cc3cnc(S(C)(=O)=O)nc23)CC1. The van der Waals surface area contributed by atoms with Crippen molar-refractivity contribution in [1.29, 1.82) is 0 Å². The average Bonchev–Trinajstić information content (AvgIpc) is 2.84. The summed E-state index contributed by atoms with van der Waals surface area (Å²) in [5, 5.41) is 3.78. The monoisotopic (exact) mass is 484 g/mol. The molecule has 34 heavy (non-hydrogen) atoms. The second-order valence-electron chi connectivity index (χ2n) is 8.53. The second-order valence-corrected chi connectivity index (χ2v) is 10.4. The van der Waals surface area contributed by atoms with Gasteiger partial charge in [-0.15, -0.1) is 0 Å². The van der Waals surface area contributed by atoms with Crippen LogP contribution in [0.5, 0.6) is 0 Å². The van der Waals surface area contributed by atoms with Crippen molar-refractivity contribution < 1.29 is 22.7 Å². The number of sulfone groups is 1. The third-order valence-electron chi connectivity index (χ3n) is 5.95. The molecular formula is C24H28N4O5S. The normalized spacial score (nSPS) is 19.5. The van der Waals surface area contributed by atoms with Crippen molar-refractivity contribution in [2.75, 3.05) is 18.7 Å². The van der Waals surface area contributed by atoms with E-state index in [9.17, 15) is 13.2 Å². The number of ether oxygens (including phenoxy) is 2. The van der Waals surface area contributed by atoms with Crippen LogP contribution < -0.4 is 5.32 Å². The molecule has 1 saturated carbocycles. The molecule has 1 aliphatic carbocycles. The second kappa shape index (κ2) is 10.0. The average molecular weight is 485 g/mol. The van der Waals surface area contributed by atoms with Gasteiger partial charge in [0.15, 0.2) is 5.82 Å². The molecule has 2 aromatic heterocycles. The molecule has 3 aromatic rings. The number of rotatable bonds is 7. The number of aromatic nitrogens is 3. The molecule has 1 fully saturated rings. The van der Waals surface area contributed by atoms with Crippen LogP contribution in [-0.4, -0.2) is 54.9 Å². The molecule has 0 saturated heterocycles. The van der Waals surface area contributed by atoms with E-state index in [1.807, 2.05) is 6.07 Å². The number of anilines is 1. The first kappa shape index (κ1) is 24.0. The molecule has 10 heteroatoms. The number of esters is 1. The Balaban J connectivity index is 1.67. The lowest BCUT2D eigenvalue weighted by Gasteiger charge is -2.29. The molecule has 9 nitrogen and oxygen atoms in total. The van der Waals surface area contributed by atoms with Gasteiger partial charge in [-0.05, 0) is 50.8 Å². The van der Waals surface area contributed by atoms with Gasteiger partial charge < -0.3 is 14.8 Å². The Morgan fingerprint density at radius 3 is 2.47 bits per heavy atom. The highest BCUT2D eigenvalue weighted by atomic mass is 32.2. The Morgan fingerprint density at radius 2 is 1.82 bits per heavy atom. The van der Waals surface area contributed by atoms with Crippen molar-refractivity contribution in [3.63, 3.8) is 0 Å². The van der Waals surface area contributed by atoms with E-state index in [-0.39, 0.29) is 17.3 Å². The molecule has 0 spiro atoms. The summed E-state index contributed by atoms with van der Waals surface area (Å²) in [7, 11) is -1.87. The first-order valence-electron chi connectivity index (χ1n) is 11.2. The number of carbonyl (C=O) groups excluding carboxylic acids is 1. The molecule has 1 N–H and O–H groups in total. The predicted octanol–water partition coefficient (Wildman–Crippen LogP) is 3.72. The Bertz CT molecular complexity index is 1280. The summed E-state index contributed by atoms with van der Waals surface area (Å²) in [6.07, 6.45) is 5.73. The Hall–Kier alpha value is -3.11. The Labute approximate surface area is 198 Å². The van der Waals surface area contributed by atoms with E-state index in [2.05, 4.69) is 15.3 Å². The zero-order chi connectivity index (χ0) is 24.3. The first-order chi connectivity index (χ1) is 16.2. The number of hydrogen-bond acceptors (Lipinski definition) is 9. The number of fused-ring (bicyclic) bond motifs is 1. The predicted molar refractivity (Wildman–Crippen MR) is 127 cm³/mol. The maximum Gasteiger partial charge on any atom is 0.338 e. The molecule has 0 aliphatic heterocycles. The maximum absolute atomic E-state index is 12.5.